The first-order valence-electron chi connectivity index (χ1n) is 7.21. The quantitative estimate of drug-likeness (QED) is 0.620. The molecular weight excluding hydrogens is 280 g/mol. The molecule has 1 fully saturated rings. The second-order valence-electron chi connectivity index (χ2n) is 5.31. The van der Waals surface area contributed by atoms with Crippen molar-refractivity contribution in [3.8, 4) is 0 Å². The van der Waals surface area contributed by atoms with E-state index in [2.05, 4.69) is 24.3 Å². The molecule has 0 aromatic heterocycles. The standard InChI is InChI=1S/C18H18O2S/c19-18-17(11-14-7-3-1-4-8-14)15(12-20-18)13-21-16-9-5-2-6-10-16/h1-10,15,17H,11-13H2/t15-,17-/m1/s1. The Morgan fingerprint density at radius 2 is 1.67 bits per heavy atom. The van der Waals surface area contributed by atoms with Gasteiger partial charge >= 0.3 is 5.97 Å². The number of benzene rings is 2. The number of hydrogen-bond acceptors (Lipinski definition) is 3. The van der Waals surface area contributed by atoms with Crippen molar-refractivity contribution < 1.29 is 9.53 Å². The van der Waals surface area contributed by atoms with Gasteiger partial charge in [0.05, 0.1) is 12.5 Å². The van der Waals surface area contributed by atoms with Crippen molar-refractivity contribution in [2.75, 3.05) is 12.4 Å². The predicted molar refractivity (Wildman–Crippen MR) is 85.3 cm³/mol. The highest BCUT2D eigenvalue weighted by Gasteiger charge is 2.36. The number of rotatable bonds is 5. The molecule has 1 aliphatic heterocycles. The van der Waals surface area contributed by atoms with Gasteiger partial charge in [0.1, 0.15) is 0 Å². The molecule has 2 atom stereocenters. The number of cyclic esters (lactones) is 1. The fraction of sp³-hybridized carbons (Fsp3) is 0.278. The number of ether oxygens (including phenoxy) is 1. The lowest BCUT2D eigenvalue weighted by atomic mass is 9.90. The summed E-state index contributed by atoms with van der Waals surface area (Å²) in [4.78, 5) is 13.2. The second-order valence-corrected chi connectivity index (χ2v) is 6.40. The maximum atomic E-state index is 12.0. The van der Waals surface area contributed by atoms with E-state index in [1.54, 1.807) is 11.8 Å². The topological polar surface area (TPSA) is 26.3 Å². The van der Waals surface area contributed by atoms with Crippen LogP contribution in [0.5, 0.6) is 0 Å². The highest BCUT2D eigenvalue weighted by Crippen LogP contribution is 2.31. The fourth-order valence-corrected chi connectivity index (χ4v) is 3.69. The molecule has 0 radical (unpaired) electrons. The van der Waals surface area contributed by atoms with E-state index in [0.29, 0.717) is 12.5 Å². The molecule has 1 heterocycles. The zero-order chi connectivity index (χ0) is 14.5. The Kier molecular flexibility index (Phi) is 4.61. The van der Waals surface area contributed by atoms with E-state index >= 15 is 0 Å². The fourth-order valence-electron chi connectivity index (χ4n) is 2.61. The van der Waals surface area contributed by atoms with Gasteiger partial charge in [0, 0.05) is 16.6 Å². The lowest BCUT2D eigenvalue weighted by Gasteiger charge is -2.14. The maximum Gasteiger partial charge on any atom is 0.309 e. The third-order valence-electron chi connectivity index (χ3n) is 3.82. The molecule has 0 N–H and O–H groups in total. The maximum absolute atomic E-state index is 12.0. The highest BCUT2D eigenvalue weighted by atomic mass is 32.2. The third-order valence-corrected chi connectivity index (χ3v) is 5.02. The molecule has 3 rings (SSSR count). The van der Waals surface area contributed by atoms with Gasteiger partial charge in [0.15, 0.2) is 0 Å². The first kappa shape index (κ1) is 14.2. The number of carbonyl (C=O) groups is 1. The van der Waals surface area contributed by atoms with Crippen molar-refractivity contribution in [2.24, 2.45) is 11.8 Å². The number of carbonyl (C=O) groups excluding carboxylic acids is 1. The summed E-state index contributed by atoms with van der Waals surface area (Å²) < 4.78 is 5.29. The van der Waals surface area contributed by atoms with Gasteiger partial charge < -0.3 is 4.74 Å². The van der Waals surface area contributed by atoms with Gasteiger partial charge in [-0.2, -0.15) is 0 Å². The first-order chi connectivity index (χ1) is 10.3. The van der Waals surface area contributed by atoms with E-state index in [-0.39, 0.29) is 11.9 Å². The van der Waals surface area contributed by atoms with E-state index in [4.69, 9.17) is 4.74 Å². The van der Waals surface area contributed by atoms with Gasteiger partial charge in [0.25, 0.3) is 0 Å². The molecule has 0 aliphatic carbocycles. The smallest absolute Gasteiger partial charge is 0.309 e. The van der Waals surface area contributed by atoms with Crippen molar-refractivity contribution in [1.82, 2.24) is 0 Å². The van der Waals surface area contributed by atoms with Crippen LogP contribution in [-0.2, 0) is 16.0 Å². The molecule has 21 heavy (non-hydrogen) atoms. The summed E-state index contributed by atoms with van der Waals surface area (Å²) in [6, 6.07) is 20.5. The molecule has 2 aromatic carbocycles. The predicted octanol–water partition coefficient (Wildman–Crippen LogP) is 3.81. The Balaban J connectivity index is 1.62. The number of thioether (sulfide) groups is 1. The zero-order valence-corrected chi connectivity index (χ0v) is 12.6. The van der Waals surface area contributed by atoms with E-state index in [9.17, 15) is 4.79 Å². The highest BCUT2D eigenvalue weighted by molar-refractivity contribution is 7.99. The largest absolute Gasteiger partial charge is 0.465 e. The summed E-state index contributed by atoms with van der Waals surface area (Å²) >= 11 is 1.80. The van der Waals surface area contributed by atoms with Crippen LogP contribution in [0.25, 0.3) is 0 Å². The number of hydrogen-bond donors (Lipinski definition) is 0. The van der Waals surface area contributed by atoms with Crippen molar-refractivity contribution in [3.63, 3.8) is 0 Å². The molecule has 0 bridgehead atoms. The lowest BCUT2D eigenvalue weighted by molar-refractivity contribution is -0.141. The minimum absolute atomic E-state index is 0.0105. The van der Waals surface area contributed by atoms with Crippen LogP contribution in [0.2, 0.25) is 0 Å². The molecule has 108 valence electrons. The molecule has 0 unspecified atom stereocenters. The average molecular weight is 298 g/mol. The average Bonchev–Trinajstić information content (AvgIpc) is 2.88. The molecule has 0 spiro atoms. The van der Waals surface area contributed by atoms with Crippen LogP contribution in [0.1, 0.15) is 5.56 Å². The Hall–Kier alpha value is -1.74. The third kappa shape index (κ3) is 3.67. The minimum Gasteiger partial charge on any atom is -0.465 e. The monoisotopic (exact) mass is 298 g/mol. The van der Waals surface area contributed by atoms with Gasteiger partial charge in [-0.1, -0.05) is 48.5 Å². The first-order valence-corrected chi connectivity index (χ1v) is 8.20. The number of esters is 1. The molecule has 2 aromatic rings. The van der Waals surface area contributed by atoms with Gasteiger partial charge in [-0.3, -0.25) is 4.79 Å². The van der Waals surface area contributed by atoms with E-state index in [0.717, 1.165) is 12.2 Å². The molecule has 2 nitrogen and oxygen atoms in total. The van der Waals surface area contributed by atoms with Crippen LogP contribution in [0.3, 0.4) is 0 Å². The molecule has 3 heteroatoms. The van der Waals surface area contributed by atoms with E-state index in [1.807, 2.05) is 36.4 Å². The Bertz CT molecular complexity index is 583. The summed E-state index contributed by atoms with van der Waals surface area (Å²) in [7, 11) is 0. The van der Waals surface area contributed by atoms with Gasteiger partial charge in [-0.05, 0) is 24.1 Å². The van der Waals surface area contributed by atoms with E-state index in [1.165, 1.54) is 10.5 Å². The van der Waals surface area contributed by atoms with Crippen molar-refractivity contribution in [2.45, 2.75) is 11.3 Å². The van der Waals surface area contributed by atoms with Crippen LogP contribution >= 0.6 is 11.8 Å². The molecule has 0 amide bonds. The summed E-state index contributed by atoms with van der Waals surface area (Å²) in [5, 5.41) is 0. The van der Waals surface area contributed by atoms with Gasteiger partial charge in [-0.25, -0.2) is 0 Å². The SMILES string of the molecule is O=C1OC[C@H](CSc2ccccc2)[C@H]1Cc1ccccc1. The molecule has 0 saturated carbocycles. The van der Waals surface area contributed by atoms with E-state index < -0.39 is 0 Å². The van der Waals surface area contributed by atoms with Gasteiger partial charge in [-0.15, -0.1) is 11.8 Å². The van der Waals surface area contributed by atoms with Gasteiger partial charge in [0.2, 0.25) is 0 Å². The van der Waals surface area contributed by atoms with Crippen molar-refractivity contribution >= 4 is 17.7 Å². The normalized spacial score (nSPS) is 21.2. The Morgan fingerprint density at radius 1 is 1.00 bits per heavy atom. The van der Waals surface area contributed by atoms with Crippen molar-refractivity contribution in [3.05, 3.63) is 66.2 Å². The van der Waals surface area contributed by atoms with Crippen LogP contribution in [0.15, 0.2) is 65.6 Å². The Morgan fingerprint density at radius 3 is 2.38 bits per heavy atom. The zero-order valence-electron chi connectivity index (χ0n) is 11.8. The molecular formula is C18H18O2S. The summed E-state index contributed by atoms with van der Waals surface area (Å²) in [6.45, 7) is 0.552. The summed E-state index contributed by atoms with van der Waals surface area (Å²) in [5.74, 6) is 1.16. The van der Waals surface area contributed by atoms with Crippen molar-refractivity contribution in [1.29, 1.82) is 0 Å². The second kappa shape index (κ2) is 6.81. The van der Waals surface area contributed by atoms with Crippen LogP contribution in [0, 0.1) is 11.8 Å². The summed E-state index contributed by atoms with van der Waals surface area (Å²) in [6.07, 6.45) is 0.777. The molecule has 1 aliphatic rings. The summed E-state index contributed by atoms with van der Waals surface area (Å²) in [5.41, 5.74) is 1.20. The Labute approximate surface area is 129 Å². The van der Waals surface area contributed by atoms with Crippen LogP contribution in [-0.4, -0.2) is 18.3 Å². The molecule has 1 saturated heterocycles. The van der Waals surface area contributed by atoms with Crippen LogP contribution in [0.4, 0.5) is 0 Å². The van der Waals surface area contributed by atoms with Crippen LogP contribution < -0.4 is 0 Å². The minimum atomic E-state index is -0.0440. The lowest BCUT2D eigenvalue weighted by Crippen LogP contribution is -2.20.